The maximum atomic E-state index is 2.42. The molecule has 0 radical (unpaired) electrons. The van der Waals surface area contributed by atoms with Crippen LogP contribution in [0.25, 0.3) is 21.9 Å². The molecule has 0 fully saturated rings. The molecule has 140 valence electrons. The summed E-state index contributed by atoms with van der Waals surface area (Å²) >= 11 is 1.90. The van der Waals surface area contributed by atoms with Gasteiger partial charge in [0.25, 0.3) is 0 Å². The first-order valence-corrected chi connectivity index (χ1v) is 11.2. The third-order valence-corrected chi connectivity index (χ3v) is 7.58. The Balaban J connectivity index is 1.78. The van der Waals surface area contributed by atoms with Crippen molar-refractivity contribution < 1.29 is 0 Å². The zero-order valence-corrected chi connectivity index (χ0v) is 17.3. The Kier molecular flexibility index (Phi) is 3.92. The Hall–Kier alpha value is -2.77. The fraction of sp³-hybridized carbons (Fsp3) is 0.143. The summed E-state index contributed by atoms with van der Waals surface area (Å²) in [5, 5.41) is 2.73. The first-order valence-electron chi connectivity index (χ1n) is 10.4. The smallest absolute Gasteiger partial charge is 0.0201 e. The Bertz CT molecular complexity index is 1250. The van der Waals surface area contributed by atoms with Crippen LogP contribution in [0.3, 0.4) is 0 Å². The van der Waals surface area contributed by atoms with Gasteiger partial charge in [-0.05, 0) is 75.1 Å². The van der Waals surface area contributed by atoms with Gasteiger partial charge in [-0.1, -0.05) is 91.5 Å². The van der Waals surface area contributed by atoms with E-state index in [1.165, 1.54) is 60.4 Å². The van der Waals surface area contributed by atoms with Crippen LogP contribution in [0.15, 0.2) is 94.7 Å². The molecule has 0 saturated heterocycles. The number of benzene rings is 4. The lowest BCUT2D eigenvalue weighted by Gasteiger charge is -2.32. The Morgan fingerprint density at radius 2 is 1.38 bits per heavy atom. The monoisotopic (exact) mass is 390 g/mol. The van der Waals surface area contributed by atoms with Gasteiger partial charge >= 0.3 is 0 Å². The van der Waals surface area contributed by atoms with Crippen LogP contribution in [0.5, 0.6) is 0 Å². The molecule has 0 spiro atoms. The van der Waals surface area contributed by atoms with Crippen molar-refractivity contribution in [1.29, 1.82) is 0 Å². The molecule has 1 heterocycles. The molecule has 4 aromatic rings. The van der Waals surface area contributed by atoms with Gasteiger partial charge in [-0.2, -0.15) is 0 Å². The predicted molar refractivity (Wildman–Crippen MR) is 124 cm³/mol. The SMILES string of the molecule is C[C@@H]1CCc2ccc3ccccc3c2C1=C1c2ccccc2Sc2ccccc21. The van der Waals surface area contributed by atoms with Crippen molar-refractivity contribution in [2.75, 3.05) is 0 Å². The van der Waals surface area contributed by atoms with Gasteiger partial charge in [-0.3, -0.25) is 0 Å². The standard InChI is InChI=1S/C28H22S/c1-18-14-15-20-17-16-19-8-2-3-9-21(19)27(20)26(18)28-22-10-4-6-12-24(22)29-25-13-7-5-11-23(25)28/h2-13,16-18H,14-15H2,1H3/t18-/m1/s1. The second kappa shape index (κ2) is 6.64. The normalized spacial score (nSPS) is 17.6. The van der Waals surface area contributed by atoms with E-state index in [1.54, 1.807) is 0 Å². The topological polar surface area (TPSA) is 0 Å². The molecule has 0 amide bonds. The van der Waals surface area contributed by atoms with Gasteiger partial charge in [0, 0.05) is 9.79 Å². The molecule has 6 rings (SSSR count). The number of hydrogen-bond donors (Lipinski definition) is 0. The first kappa shape index (κ1) is 17.1. The van der Waals surface area contributed by atoms with Crippen LogP contribution < -0.4 is 0 Å². The van der Waals surface area contributed by atoms with Crippen LogP contribution >= 0.6 is 11.8 Å². The molecule has 1 heteroatoms. The quantitative estimate of drug-likeness (QED) is 0.259. The van der Waals surface area contributed by atoms with E-state index in [0.29, 0.717) is 5.92 Å². The molecule has 0 nitrogen and oxygen atoms in total. The van der Waals surface area contributed by atoms with Crippen molar-refractivity contribution in [3.8, 4) is 0 Å². The molecular formula is C28H22S. The summed E-state index contributed by atoms with van der Waals surface area (Å²) < 4.78 is 0. The molecule has 1 aliphatic heterocycles. The third-order valence-electron chi connectivity index (χ3n) is 6.43. The molecular weight excluding hydrogens is 368 g/mol. The Morgan fingerprint density at radius 1 is 0.724 bits per heavy atom. The van der Waals surface area contributed by atoms with Crippen molar-refractivity contribution in [1.82, 2.24) is 0 Å². The Morgan fingerprint density at radius 3 is 2.14 bits per heavy atom. The minimum atomic E-state index is 0.535. The highest BCUT2D eigenvalue weighted by molar-refractivity contribution is 7.99. The summed E-state index contributed by atoms with van der Waals surface area (Å²) in [7, 11) is 0. The highest BCUT2D eigenvalue weighted by Gasteiger charge is 2.30. The van der Waals surface area contributed by atoms with E-state index in [4.69, 9.17) is 0 Å². The highest BCUT2D eigenvalue weighted by Crippen LogP contribution is 2.52. The second-order valence-corrected chi connectivity index (χ2v) is 9.23. The zero-order chi connectivity index (χ0) is 19.4. The maximum absolute atomic E-state index is 2.42. The van der Waals surface area contributed by atoms with E-state index < -0.39 is 0 Å². The fourth-order valence-corrected chi connectivity index (χ4v) is 6.15. The highest BCUT2D eigenvalue weighted by atomic mass is 32.2. The fourth-order valence-electron chi connectivity index (χ4n) is 5.06. The van der Waals surface area contributed by atoms with Gasteiger partial charge < -0.3 is 0 Å². The van der Waals surface area contributed by atoms with E-state index >= 15 is 0 Å². The Labute approximate surface area is 176 Å². The maximum Gasteiger partial charge on any atom is 0.0201 e. The third kappa shape index (κ3) is 2.61. The van der Waals surface area contributed by atoms with E-state index in [9.17, 15) is 0 Å². The van der Waals surface area contributed by atoms with Crippen LogP contribution in [0, 0.1) is 5.92 Å². The summed E-state index contributed by atoms with van der Waals surface area (Å²) in [6.07, 6.45) is 2.37. The van der Waals surface area contributed by atoms with Crippen LogP contribution in [0.2, 0.25) is 0 Å². The molecule has 0 aromatic heterocycles. The lowest BCUT2D eigenvalue weighted by Crippen LogP contribution is -2.14. The van der Waals surface area contributed by atoms with Crippen molar-refractivity contribution in [3.63, 3.8) is 0 Å². The molecule has 2 aliphatic rings. The molecule has 1 aliphatic carbocycles. The summed E-state index contributed by atoms with van der Waals surface area (Å²) in [5.74, 6) is 0.535. The molecule has 0 bridgehead atoms. The number of aryl methyl sites for hydroxylation is 1. The second-order valence-electron chi connectivity index (χ2n) is 8.14. The van der Waals surface area contributed by atoms with Crippen molar-refractivity contribution in [3.05, 3.63) is 107 Å². The zero-order valence-electron chi connectivity index (χ0n) is 16.5. The van der Waals surface area contributed by atoms with Crippen molar-refractivity contribution in [2.45, 2.75) is 29.6 Å². The number of allylic oxidation sites excluding steroid dienone is 1. The lowest BCUT2D eigenvalue weighted by molar-refractivity contribution is 0.645. The van der Waals surface area contributed by atoms with Gasteiger partial charge in [-0.15, -0.1) is 0 Å². The minimum absolute atomic E-state index is 0.535. The number of hydrogen-bond acceptors (Lipinski definition) is 1. The number of rotatable bonds is 0. The van der Waals surface area contributed by atoms with E-state index in [2.05, 4.69) is 91.9 Å². The van der Waals surface area contributed by atoms with E-state index in [1.807, 2.05) is 11.8 Å². The van der Waals surface area contributed by atoms with E-state index in [0.717, 1.165) is 6.42 Å². The van der Waals surface area contributed by atoms with Gasteiger partial charge in [0.2, 0.25) is 0 Å². The summed E-state index contributed by atoms with van der Waals surface area (Å²) in [6, 6.07) is 31.4. The van der Waals surface area contributed by atoms with Crippen molar-refractivity contribution in [2.24, 2.45) is 5.92 Å². The minimum Gasteiger partial charge on any atom is -0.0888 e. The van der Waals surface area contributed by atoms with E-state index in [-0.39, 0.29) is 0 Å². The predicted octanol–water partition coefficient (Wildman–Crippen LogP) is 7.85. The molecule has 29 heavy (non-hydrogen) atoms. The van der Waals surface area contributed by atoms with Gasteiger partial charge in [-0.25, -0.2) is 0 Å². The number of fused-ring (bicyclic) bond motifs is 5. The molecule has 0 saturated carbocycles. The van der Waals surface area contributed by atoms with Gasteiger partial charge in [0.05, 0.1) is 0 Å². The lowest BCUT2D eigenvalue weighted by atomic mass is 9.74. The molecule has 1 atom stereocenters. The van der Waals surface area contributed by atoms with Crippen LogP contribution in [-0.2, 0) is 6.42 Å². The molecule has 0 N–H and O–H groups in total. The average molecular weight is 391 g/mol. The van der Waals surface area contributed by atoms with Gasteiger partial charge in [0.15, 0.2) is 0 Å². The van der Waals surface area contributed by atoms with Crippen LogP contribution in [0.1, 0.15) is 35.6 Å². The van der Waals surface area contributed by atoms with Crippen LogP contribution in [-0.4, -0.2) is 0 Å². The summed E-state index contributed by atoms with van der Waals surface area (Å²) in [4.78, 5) is 2.74. The molecule has 0 unspecified atom stereocenters. The van der Waals surface area contributed by atoms with Crippen LogP contribution in [0.4, 0.5) is 0 Å². The summed E-state index contributed by atoms with van der Waals surface area (Å²) in [6.45, 7) is 2.42. The van der Waals surface area contributed by atoms with Gasteiger partial charge in [0.1, 0.15) is 0 Å². The molecule has 4 aromatic carbocycles. The first-order chi connectivity index (χ1) is 14.3. The average Bonchev–Trinajstić information content (AvgIpc) is 2.78. The summed E-state index contributed by atoms with van der Waals surface area (Å²) in [5.41, 5.74) is 8.73. The van der Waals surface area contributed by atoms with Crippen molar-refractivity contribution >= 4 is 33.7 Å². The largest absolute Gasteiger partial charge is 0.0888 e.